The minimum absolute atomic E-state index is 0.296. The van der Waals surface area contributed by atoms with E-state index in [0.29, 0.717) is 4.88 Å². The molecule has 3 rings (SSSR count). The minimum atomic E-state index is -0.675. The molecule has 0 radical (unpaired) electrons. The number of amides is 1. The molecule has 3 aromatic heterocycles. The number of nitrogens with zero attached hydrogens (tertiary/aromatic N) is 2. The van der Waals surface area contributed by atoms with Gasteiger partial charge in [-0.2, -0.15) is 0 Å². The van der Waals surface area contributed by atoms with Crippen LogP contribution in [0, 0.1) is 0 Å². The minimum Gasteiger partial charge on any atom is -0.467 e. The van der Waals surface area contributed by atoms with Crippen LogP contribution in [0.2, 0.25) is 0 Å². The third-order valence-electron chi connectivity index (χ3n) is 2.87. The van der Waals surface area contributed by atoms with Gasteiger partial charge in [0.2, 0.25) is 0 Å². The molecule has 1 unspecified atom stereocenters. The second-order valence-electron chi connectivity index (χ2n) is 4.19. The van der Waals surface area contributed by atoms with Gasteiger partial charge in [0.1, 0.15) is 10.9 Å². The first kappa shape index (κ1) is 13.1. The molecule has 0 aromatic carbocycles. The highest BCUT2D eigenvalue weighted by Crippen LogP contribution is 2.28. The van der Waals surface area contributed by atoms with Gasteiger partial charge in [0.05, 0.1) is 17.5 Å². The van der Waals surface area contributed by atoms with Crippen LogP contribution in [0.3, 0.4) is 0 Å². The lowest BCUT2D eigenvalue weighted by Crippen LogP contribution is -2.38. The Balaban J connectivity index is 1.87. The SMILES string of the molecule is COC(=O)C(C)NC(=O)c1cc2c(nc3sccn32)s1. The molecule has 0 aliphatic carbocycles. The fourth-order valence-electron chi connectivity index (χ4n) is 1.86. The molecule has 0 saturated heterocycles. The lowest BCUT2D eigenvalue weighted by atomic mass is 10.3. The maximum Gasteiger partial charge on any atom is 0.328 e. The van der Waals surface area contributed by atoms with Crippen LogP contribution >= 0.6 is 22.7 Å². The van der Waals surface area contributed by atoms with Gasteiger partial charge in [0.25, 0.3) is 5.91 Å². The van der Waals surface area contributed by atoms with Crippen LogP contribution in [-0.2, 0) is 9.53 Å². The predicted molar refractivity (Wildman–Crippen MR) is 77.4 cm³/mol. The zero-order valence-electron chi connectivity index (χ0n) is 10.7. The van der Waals surface area contributed by atoms with E-state index in [1.54, 1.807) is 24.3 Å². The Labute approximate surface area is 122 Å². The Bertz CT molecular complexity index is 801. The molecule has 3 heterocycles. The first-order valence-corrected chi connectivity index (χ1v) is 7.53. The van der Waals surface area contributed by atoms with Gasteiger partial charge >= 0.3 is 5.97 Å². The molecular formula is C12H11N3O3S2. The van der Waals surface area contributed by atoms with Gasteiger partial charge in [-0.25, -0.2) is 9.78 Å². The first-order chi connectivity index (χ1) is 9.60. The number of nitrogens with one attached hydrogen (secondary N) is 1. The van der Waals surface area contributed by atoms with Crippen LogP contribution in [0.15, 0.2) is 17.6 Å². The van der Waals surface area contributed by atoms with Crippen molar-refractivity contribution >= 4 is 49.9 Å². The van der Waals surface area contributed by atoms with Gasteiger partial charge in [-0.1, -0.05) is 0 Å². The second kappa shape index (κ2) is 4.88. The van der Waals surface area contributed by atoms with E-state index in [0.717, 1.165) is 15.3 Å². The van der Waals surface area contributed by atoms with E-state index < -0.39 is 12.0 Å². The number of ether oxygens (including phenoxy) is 1. The van der Waals surface area contributed by atoms with Crippen LogP contribution in [-0.4, -0.2) is 34.4 Å². The molecule has 1 amide bonds. The van der Waals surface area contributed by atoms with E-state index in [9.17, 15) is 9.59 Å². The number of rotatable bonds is 3. The largest absolute Gasteiger partial charge is 0.467 e. The van der Waals surface area contributed by atoms with Crippen molar-refractivity contribution in [1.82, 2.24) is 14.7 Å². The third-order valence-corrected chi connectivity index (χ3v) is 4.64. The number of fused-ring (bicyclic) bond motifs is 3. The van der Waals surface area contributed by atoms with E-state index in [1.807, 2.05) is 16.0 Å². The Hall–Kier alpha value is -1.93. The molecule has 104 valence electrons. The summed E-state index contributed by atoms with van der Waals surface area (Å²) in [6.45, 7) is 1.58. The highest BCUT2D eigenvalue weighted by molar-refractivity contribution is 7.21. The van der Waals surface area contributed by atoms with Crippen molar-refractivity contribution in [3.8, 4) is 0 Å². The Morgan fingerprint density at radius 1 is 1.50 bits per heavy atom. The van der Waals surface area contributed by atoms with Crippen molar-refractivity contribution in [1.29, 1.82) is 0 Å². The van der Waals surface area contributed by atoms with Crippen LogP contribution in [0.5, 0.6) is 0 Å². The molecule has 1 N–H and O–H groups in total. The smallest absolute Gasteiger partial charge is 0.328 e. The summed E-state index contributed by atoms with van der Waals surface area (Å²) in [4.78, 5) is 30.0. The Morgan fingerprint density at radius 2 is 2.30 bits per heavy atom. The molecule has 20 heavy (non-hydrogen) atoms. The number of imidazole rings is 1. The van der Waals surface area contributed by atoms with E-state index in [4.69, 9.17) is 0 Å². The number of carbonyl (C=O) groups is 2. The van der Waals surface area contributed by atoms with Crippen LogP contribution in [0.1, 0.15) is 16.6 Å². The second-order valence-corrected chi connectivity index (χ2v) is 6.09. The summed E-state index contributed by atoms with van der Waals surface area (Å²) in [7, 11) is 1.29. The number of thiazole rings is 1. The van der Waals surface area contributed by atoms with E-state index in [1.165, 1.54) is 18.4 Å². The predicted octanol–water partition coefficient (Wildman–Crippen LogP) is 1.90. The standard InChI is InChI=1S/C12H11N3O3S2/c1-6(11(17)18-2)13-9(16)8-5-7-10(20-8)14-12-15(7)3-4-19-12/h3-6H,1-2H3,(H,13,16). The lowest BCUT2D eigenvalue weighted by molar-refractivity contribution is -0.142. The van der Waals surface area contributed by atoms with Crippen molar-refractivity contribution in [2.24, 2.45) is 0 Å². The van der Waals surface area contributed by atoms with Crippen LogP contribution in [0.4, 0.5) is 0 Å². The van der Waals surface area contributed by atoms with Gasteiger partial charge in [0.15, 0.2) is 4.96 Å². The molecular weight excluding hydrogens is 298 g/mol. The average Bonchev–Trinajstić information content (AvgIpc) is 3.08. The Kier molecular flexibility index (Phi) is 3.19. The summed E-state index contributed by atoms with van der Waals surface area (Å²) in [5.41, 5.74) is 0.905. The number of methoxy groups -OCH3 is 1. The maximum atomic E-state index is 12.1. The van der Waals surface area contributed by atoms with Gasteiger partial charge in [0, 0.05) is 11.6 Å². The van der Waals surface area contributed by atoms with Gasteiger partial charge in [-0.15, -0.1) is 22.7 Å². The van der Waals surface area contributed by atoms with Gasteiger partial charge in [-0.05, 0) is 13.0 Å². The molecule has 0 fully saturated rings. The molecule has 8 heteroatoms. The highest BCUT2D eigenvalue weighted by Gasteiger charge is 2.20. The van der Waals surface area contributed by atoms with Crippen molar-refractivity contribution in [3.63, 3.8) is 0 Å². The van der Waals surface area contributed by atoms with Crippen molar-refractivity contribution in [2.45, 2.75) is 13.0 Å². The lowest BCUT2D eigenvalue weighted by Gasteiger charge is -2.10. The monoisotopic (exact) mass is 309 g/mol. The Morgan fingerprint density at radius 3 is 3.05 bits per heavy atom. The highest BCUT2D eigenvalue weighted by atomic mass is 32.1. The summed E-state index contributed by atoms with van der Waals surface area (Å²) in [5.74, 6) is -0.767. The molecule has 0 aliphatic rings. The zero-order valence-corrected chi connectivity index (χ0v) is 12.4. The first-order valence-electron chi connectivity index (χ1n) is 5.84. The van der Waals surface area contributed by atoms with Crippen molar-refractivity contribution < 1.29 is 14.3 Å². The van der Waals surface area contributed by atoms with Gasteiger partial charge < -0.3 is 10.1 Å². The van der Waals surface area contributed by atoms with E-state index >= 15 is 0 Å². The van der Waals surface area contributed by atoms with E-state index in [-0.39, 0.29) is 5.91 Å². The summed E-state index contributed by atoms with van der Waals surface area (Å²) in [5, 5.41) is 4.54. The summed E-state index contributed by atoms with van der Waals surface area (Å²) in [6, 6.07) is 1.11. The summed E-state index contributed by atoms with van der Waals surface area (Å²) in [6.07, 6.45) is 1.92. The zero-order chi connectivity index (χ0) is 14.3. The van der Waals surface area contributed by atoms with Crippen molar-refractivity contribution in [3.05, 3.63) is 22.5 Å². The summed E-state index contributed by atoms with van der Waals surface area (Å²) >= 11 is 2.85. The molecule has 0 spiro atoms. The van der Waals surface area contributed by atoms with Crippen LogP contribution < -0.4 is 5.32 Å². The molecule has 0 bridgehead atoms. The molecule has 3 aromatic rings. The maximum absolute atomic E-state index is 12.1. The number of esters is 1. The normalized spacial score (nSPS) is 12.7. The molecule has 6 nitrogen and oxygen atoms in total. The van der Waals surface area contributed by atoms with Crippen LogP contribution in [0.25, 0.3) is 15.3 Å². The fourth-order valence-corrected chi connectivity index (χ4v) is 3.57. The topological polar surface area (TPSA) is 72.7 Å². The molecule has 0 aliphatic heterocycles. The third kappa shape index (κ3) is 2.06. The van der Waals surface area contributed by atoms with E-state index in [2.05, 4.69) is 15.0 Å². The van der Waals surface area contributed by atoms with Crippen molar-refractivity contribution in [2.75, 3.05) is 7.11 Å². The van der Waals surface area contributed by atoms with Gasteiger partial charge in [-0.3, -0.25) is 9.20 Å². The summed E-state index contributed by atoms with van der Waals surface area (Å²) < 4.78 is 6.52. The molecule has 1 atom stereocenters. The quantitative estimate of drug-likeness (QED) is 0.750. The number of thiophene rings is 1. The molecule has 0 saturated carbocycles. The fraction of sp³-hybridized carbons (Fsp3) is 0.250. The number of hydrogen-bond donors (Lipinski definition) is 1. The number of carbonyl (C=O) groups excluding carboxylic acids is 2. The average molecular weight is 309 g/mol. The number of aromatic nitrogens is 2. The number of hydrogen-bond acceptors (Lipinski definition) is 6.